The number of ether oxygens (including phenoxy) is 1. The quantitative estimate of drug-likeness (QED) is 0.731. The number of piperazine rings is 1. The van der Waals surface area contributed by atoms with Gasteiger partial charge >= 0.3 is 0 Å². The second-order valence-corrected chi connectivity index (χ2v) is 6.09. The lowest BCUT2D eigenvalue weighted by molar-refractivity contribution is -0.122. The van der Waals surface area contributed by atoms with E-state index >= 15 is 0 Å². The molecule has 0 atom stereocenters. The van der Waals surface area contributed by atoms with Crippen molar-refractivity contribution in [3.05, 3.63) is 34.9 Å². The zero-order valence-electron chi connectivity index (χ0n) is 13.8. The maximum Gasteiger partial charge on any atom is 0.234 e. The van der Waals surface area contributed by atoms with Crippen molar-refractivity contribution in [2.45, 2.75) is 13.5 Å². The Labute approximate surface area is 143 Å². The van der Waals surface area contributed by atoms with Crippen LogP contribution in [0.25, 0.3) is 0 Å². The lowest BCUT2D eigenvalue weighted by Gasteiger charge is -2.34. The maximum atomic E-state index is 12.1. The van der Waals surface area contributed by atoms with E-state index in [2.05, 4.69) is 15.1 Å². The predicted octanol–water partition coefficient (Wildman–Crippen LogP) is 1.61. The Hall–Kier alpha value is -1.14. The fraction of sp³-hybridized carbons (Fsp3) is 0.588. The van der Waals surface area contributed by atoms with E-state index in [1.165, 1.54) is 0 Å². The number of hydrogen-bond acceptors (Lipinski definition) is 4. The highest BCUT2D eigenvalue weighted by atomic mass is 35.5. The van der Waals surface area contributed by atoms with E-state index in [0.717, 1.165) is 51.5 Å². The minimum absolute atomic E-state index is 0.0488. The summed E-state index contributed by atoms with van der Waals surface area (Å²) in [4.78, 5) is 16.6. The van der Waals surface area contributed by atoms with Crippen LogP contribution in [0.3, 0.4) is 0 Å². The molecule has 23 heavy (non-hydrogen) atoms. The molecule has 0 bridgehead atoms. The molecule has 1 aromatic carbocycles. The lowest BCUT2D eigenvalue weighted by Crippen LogP contribution is -2.50. The van der Waals surface area contributed by atoms with Gasteiger partial charge < -0.3 is 10.1 Å². The Morgan fingerprint density at radius 1 is 1.22 bits per heavy atom. The molecular formula is C17H26ClN3O2. The van der Waals surface area contributed by atoms with Crippen molar-refractivity contribution in [3.8, 4) is 0 Å². The van der Waals surface area contributed by atoms with Crippen molar-refractivity contribution in [1.29, 1.82) is 0 Å². The summed E-state index contributed by atoms with van der Waals surface area (Å²) in [6, 6.07) is 7.58. The van der Waals surface area contributed by atoms with E-state index in [1.807, 2.05) is 31.2 Å². The van der Waals surface area contributed by atoms with E-state index in [4.69, 9.17) is 16.3 Å². The van der Waals surface area contributed by atoms with Crippen molar-refractivity contribution in [2.24, 2.45) is 0 Å². The van der Waals surface area contributed by atoms with Gasteiger partial charge in [0, 0.05) is 50.9 Å². The standard InChI is InChI=1S/C17H26ClN3O2/c1-2-23-12-11-20-7-9-21(10-8-20)14-17(22)19-13-15-5-3-4-6-16(15)18/h3-6H,2,7-14H2,1H3,(H,19,22). The van der Waals surface area contributed by atoms with E-state index in [9.17, 15) is 4.79 Å². The average Bonchev–Trinajstić information content (AvgIpc) is 2.56. The van der Waals surface area contributed by atoms with Crippen LogP contribution in [0.4, 0.5) is 0 Å². The third kappa shape index (κ3) is 6.47. The molecule has 1 heterocycles. The number of hydrogen-bond donors (Lipinski definition) is 1. The number of carbonyl (C=O) groups is 1. The second-order valence-electron chi connectivity index (χ2n) is 5.68. The van der Waals surface area contributed by atoms with Gasteiger partial charge in [0.2, 0.25) is 5.91 Å². The van der Waals surface area contributed by atoms with Crippen molar-refractivity contribution in [1.82, 2.24) is 15.1 Å². The van der Waals surface area contributed by atoms with Crippen LogP contribution >= 0.6 is 11.6 Å². The number of carbonyl (C=O) groups excluding carboxylic acids is 1. The summed E-state index contributed by atoms with van der Waals surface area (Å²) in [7, 11) is 0. The number of benzene rings is 1. The van der Waals surface area contributed by atoms with E-state index in [-0.39, 0.29) is 5.91 Å². The Kier molecular flexibility index (Phi) is 7.82. The first-order valence-corrected chi connectivity index (χ1v) is 8.59. The molecule has 1 aromatic rings. The molecule has 1 fully saturated rings. The Balaban J connectivity index is 1.64. The Morgan fingerprint density at radius 3 is 2.61 bits per heavy atom. The number of amides is 1. The molecule has 0 aromatic heterocycles. The molecule has 1 saturated heterocycles. The lowest BCUT2D eigenvalue weighted by atomic mass is 10.2. The number of nitrogens with zero attached hydrogens (tertiary/aromatic N) is 2. The van der Waals surface area contributed by atoms with Crippen LogP contribution in [0.1, 0.15) is 12.5 Å². The fourth-order valence-electron chi connectivity index (χ4n) is 2.60. The van der Waals surface area contributed by atoms with Gasteiger partial charge in [-0.1, -0.05) is 29.8 Å². The van der Waals surface area contributed by atoms with Gasteiger partial charge in [-0.3, -0.25) is 14.6 Å². The molecule has 0 aliphatic carbocycles. The molecule has 5 nitrogen and oxygen atoms in total. The molecule has 0 spiro atoms. The largest absolute Gasteiger partial charge is 0.380 e. The number of rotatable bonds is 8. The van der Waals surface area contributed by atoms with Crippen molar-refractivity contribution in [3.63, 3.8) is 0 Å². The molecule has 0 saturated carbocycles. The first kappa shape index (κ1) is 18.2. The summed E-state index contributed by atoms with van der Waals surface area (Å²) in [5.74, 6) is 0.0488. The molecule has 1 amide bonds. The molecule has 1 aliphatic heterocycles. The van der Waals surface area contributed by atoms with Gasteiger partial charge in [-0.25, -0.2) is 0 Å². The van der Waals surface area contributed by atoms with Crippen molar-refractivity contribution in [2.75, 3.05) is 52.5 Å². The zero-order chi connectivity index (χ0) is 16.5. The summed E-state index contributed by atoms with van der Waals surface area (Å²) < 4.78 is 5.38. The fourth-order valence-corrected chi connectivity index (χ4v) is 2.81. The van der Waals surface area contributed by atoms with Crippen LogP contribution in [0.2, 0.25) is 5.02 Å². The molecule has 1 aliphatic rings. The average molecular weight is 340 g/mol. The summed E-state index contributed by atoms with van der Waals surface area (Å²) in [5, 5.41) is 3.63. The maximum absolute atomic E-state index is 12.1. The third-order valence-corrected chi connectivity index (χ3v) is 4.39. The second kappa shape index (κ2) is 9.88. The minimum Gasteiger partial charge on any atom is -0.380 e. The highest BCUT2D eigenvalue weighted by Crippen LogP contribution is 2.14. The van der Waals surface area contributed by atoms with Gasteiger partial charge in [0.1, 0.15) is 0 Å². The van der Waals surface area contributed by atoms with Gasteiger partial charge in [-0.05, 0) is 18.6 Å². The van der Waals surface area contributed by atoms with Crippen LogP contribution < -0.4 is 5.32 Å². The molecule has 0 unspecified atom stereocenters. The third-order valence-electron chi connectivity index (χ3n) is 4.02. The van der Waals surface area contributed by atoms with Gasteiger partial charge in [-0.2, -0.15) is 0 Å². The first-order valence-electron chi connectivity index (χ1n) is 8.21. The normalized spacial score (nSPS) is 16.4. The molecule has 6 heteroatoms. The highest BCUT2D eigenvalue weighted by Gasteiger charge is 2.18. The summed E-state index contributed by atoms with van der Waals surface area (Å²) in [6.07, 6.45) is 0. The molecule has 128 valence electrons. The van der Waals surface area contributed by atoms with Crippen LogP contribution in [-0.2, 0) is 16.1 Å². The predicted molar refractivity (Wildman–Crippen MR) is 92.7 cm³/mol. The van der Waals surface area contributed by atoms with Gasteiger partial charge in [0.15, 0.2) is 0 Å². The van der Waals surface area contributed by atoms with Gasteiger partial charge in [0.25, 0.3) is 0 Å². The molecule has 1 N–H and O–H groups in total. The van der Waals surface area contributed by atoms with E-state index in [0.29, 0.717) is 18.1 Å². The van der Waals surface area contributed by atoms with E-state index in [1.54, 1.807) is 0 Å². The highest BCUT2D eigenvalue weighted by molar-refractivity contribution is 6.31. The summed E-state index contributed by atoms with van der Waals surface area (Å²) >= 11 is 6.09. The Morgan fingerprint density at radius 2 is 1.91 bits per heavy atom. The SMILES string of the molecule is CCOCCN1CCN(CC(=O)NCc2ccccc2Cl)CC1. The van der Waals surface area contributed by atoms with Crippen molar-refractivity contribution < 1.29 is 9.53 Å². The molecule has 2 rings (SSSR count). The van der Waals surface area contributed by atoms with Gasteiger partial charge in [0.05, 0.1) is 13.2 Å². The van der Waals surface area contributed by atoms with Crippen LogP contribution in [0, 0.1) is 0 Å². The first-order chi connectivity index (χ1) is 11.2. The zero-order valence-corrected chi connectivity index (χ0v) is 14.5. The van der Waals surface area contributed by atoms with Crippen LogP contribution in [0.15, 0.2) is 24.3 Å². The van der Waals surface area contributed by atoms with Gasteiger partial charge in [-0.15, -0.1) is 0 Å². The topological polar surface area (TPSA) is 44.8 Å². The number of halogens is 1. The molecular weight excluding hydrogens is 314 g/mol. The van der Waals surface area contributed by atoms with Crippen LogP contribution in [0.5, 0.6) is 0 Å². The van der Waals surface area contributed by atoms with Crippen LogP contribution in [-0.4, -0.2) is 68.2 Å². The number of nitrogens with one attached hydrogen (secondary N) is 1. The minimum atomic E-state index is 0.0488. The molecule has 0 radical (unpaired) electrons. The monoisotopic (exact) mass is 339 g/mol. The van der Waals surface area contributed by atoms with E-state index < -0.39 is 0 Å². The Bertz CT molecular complexity index is 490. The van der Waals surface area contributed by atoms with Crippen molar-refractivity contribution >= 4 is 17.5 Å². The summed E-state index contributed by atoms with van der Waals surface area (Å²) in [6.45, 7) is 9.30. The smallest absolute Gasteiger partial charge is 0.234 e. The summed E-state index contributed by atoms with van der Waals surface area (Å²) in [5.41, 5.74) is 0.947.